The van der Waals surface area contributed by atoms with Crippen LogP contribution in [0.3, 0.4) is 0 Å². The van der Waals surface area contributed by atoms with Crippen molar-refractivity contribution in [1.29, 1.82) is 0 Å². The molecular formula is C21H23N3O4S. The standard InChI is InChI=1S/C21H23N3O4S/c1-14(28-16-8-6-5-7-9-16)20-22-23-21(24(20)2)29-13-17(25)15-10-11-18(26-3)19(12-15)27-4/h5-12,14H,13H2,1-4H3/t14-/m0/s1. The number of nitrogens with zero attached hydrogens (tertiary/aromatic N) is 3. The van der Waals surface area contributed by atoms with E-state index < -0.39 is 0 Å². The van der Waals surface area contributed by atoms with E-state index in [0.717, 1.165) is 5.75 Å². The summed E-state index contributed by atoms with van der Waals surface area (Å²) in [6, 6.07) is 14.7. The maximum absolute atomic E-state index is 12.6. The Bertz CT molecular complexity index is 975. The summed E-state index contributed by atoms with van der Waals surface area (Å²) in [7, 11) is 4.97. The third kappa shape index (κ3) is 4.89. The molecule has 1 atom stereocenters. The molecule has 0 unspecified atom stereocenters. The van der Waals surface area contributed by atoms with Gasteiger partial charge in [-0.2, -0.15) is 0 Å². The summed E-state index contributed by atoms with van der Waals surface area (Å²) in [5.41, 5.74) is 0.554. The number of para-hydroxylation sites is 1. The molecule has 1 aromatic heterocycles. The van der Waals surface area contributed by atoms with Crippen LogP contribution in [-0.2, 0) is 7.05 Å². The van der Waals surface area contributed by atoms with Gasteiger partial charge >= 0.3 is 0 Å². The topological polar surface area (TPSA) is 75.5 Å². The van der Waals surface area contributed by atoms with Crippen LogP contribution >= 0.6 is 11.8 Å². The van der Waals surface area contributed by atoms with Gasteiger partial charge in [0.15, 0.2) is 34.4 Å². The maximum atomic E-state index is 12.6. The summed E-state index contributed by atoms with van der Waals surface area (Å²) < 4.78 is 18.2. The number of methoxy groups -OCH3 is 2. The van der Waals surface area contributed by atoms with Gasteiger partial charge in [0.2, 0.25) is 0 Å². The highest BCUT2D eigenvalue weighted by Gasteiger charge is 2.19. The molecule has 1 heterocycles. The first-order valence-electron chi connectivity index (χ1n) is 9.02. The number of aromatic nitrogens is 3. The lowest BCUT2D eigenvalue weighted by atomic mass is 10.1. The molecule has 0 amide bonds. The van der Waals surface area contributed by atoms with E-state index >= 15 is 0 Å². The summed E-state index contributed by atoms with van der Waals surface area (Å²) in [5.74, 6) is 2.76. The van der Waals surface area contributed by atoms with Gasteiger partial charge in [-0.05, 0) is 37.3 Å². The van der Waals surface area contributed by atoms with E-state index in [1.807, 2.05) is 48.9 Å². The monoisotopic (exact) mass is 413 g/mol. The molecule has 3 rings (SSSR count). The zero-order valence-electron chi connectivity index (χ0n) is 16.8. The molecule has 0 aliphatic heterocycles. The van der Waals surface area contributed by atoms with Crippen molar-refractivity contribution >= 4 is 17.5 Å². The third-order valence-electron chi connectivity index (χ3n) is 4.33. The Morgan fingerprint density at radius 2 is 1.79 bits per heavy atom. The average molecular weight is 413 g/mol. The first kappa shape index (κ1) is 20.7. The predicted molar refractivity (Wildman–Crippen MR) is 111 cm³/mol. The number of hydrogen-bond donors (Lipinski definition) is 0. The lowest BCUT2D eigenvalue weighted by Gasteiger charge is -2.14. The van der Waals surface area contributed by atoms with E-state index in [1.54, 1.807) is 32.4 Å². The van der Waals surface area contributed by atoms with Gasteiger partial charge in [0.05, 0.1) is 20.0 Å². The number of Topliss-reactive ketones (excluding diaryl/α,β-unsaturated/α-hetero) is 1. The van der Waals surface area contributed by atoms with Crippen LogP contribution in [-0.4, -0.2) is 40.5 Å². The van der Waals surface area contributed by atoms with Crippen molar-refractivity contribution in [2.24, 2.45) is 7.05 Å². The highest BCUT2D eigenvalue weighted by Crippen LogP contribution is 2.29. The van der Waals surface area contributed by atoms with Crippen molar-refractivity contribution in [1.82, 2.24) is 14.8 Å². The molecular weight excluding hydrogens is 390 g/mol. The normalized spacial score (nSPS) is 11.7. The Morgan fingerprint density at radius 3 is 2.48 bits per heavy atom. The van der Waals surface area contributed by atoms with Crippen LogP contribution in [0.4, 0.5) is 0 Å². The van der Waals surface area contributed by atoms with Gasteiger partial charge in [0, 0.05) is 12.6 Å². The first-order chi connectivity index (χ1) is 14.0. The van der Waals surface area contributed by atoms with Crippen LogP contribution in [0, 0.1) is 0 Å². The van der Waals surface area contributed by atoms with Crippen molar-refractivity contribution in [2.75, 3.05) is 20.0 Å². The van der Waals surface area contributed by atoms with E-state index in [-0.39, 0.29) is 17.6 Å². The van der Waals surface area contributed by atoms with E-state index in [9.17, 15) is 4.79 Å². The van der Waals surface area contributed by atoms with Gasteiger partial charge in [0.25, 0.3) is 0 Å². The number of benzene rings is 2. The Balaban J connectivity index is 1.65. The highest BCUT2D eigenvalue weighted by atomic mass is 32.2. The molecule has 0 aliphatic carbocycles. The van der Waals surface area contributed by atoms with Crippen LogP contribution in [0.2, 0.25) is 0 Å². The van der Waals surface area contributed by atoms with Gasteiger partial charge in [0.1, 0.15) is 5.75 Å². The van der Waals surface area contributed by atoms with Gasteiger partial charge in [-0.3, -0.25) is 4.79 Å². The zero-order chi connectivity index (χ0) is 20.8. The van der Waals surface area contributed by atoms with Gasteiger partial charge in [-0.15, -0.1) is 10.2 Å². The second kappa shape index (κ2) is 9.47. The summed E-state index contributed by atoms with van der Waals surface area (Å²) in [5, 5.41) is 9.09. The molecule has 0 fully saturated rings. The van der Waals surface area contributed by atoms with Crippen LogP contribution in [0.15, 0.2) is 53.7 Å². The third-order valence-corrected chi connectivity index (χ3v) is 5.35. The summed E-state index contributed by atoms with van der Waals surface area (Å²) in [6.07, 6.45) is -0.272. The molecule has 0 saturated carbocycles. The van der Waals surface area contributed by atoms with Crippen LogP contribution in [0.25, 0.3) is 0 Å². The largest absolute Gasteiger partial charge is 0.493 e. The minimum absolute atomic E-state index is 0.0333. The van der Waals surface area contributed by atoms with Crippen LogP contribution in [0.5, 0.6) is 17.2 Å². The predicted octanol–water partition coefficient (Wildman–Crippen LogP) is 3.95. The summed E-state index contributed by atoms with van der Waals surface area (Å²) >= 11 is 1.33. The fourth-order valence-corrected chi connectivity index (χ4v) is 3.60. The summed E-state index contributed by atoms with van der Waals surface area (Å²) in [4.78, 5) is 12.6. The summed E-state index contributed by atoms with van der Waals surface area (Å²) in [6.45, 7) is 1.92. The van der Waals surface area contributed by atoms with Crippen molar-refractivity contribution in [3.05, 3.63) is 59.9 Å². The van der Waals surface area contributed by atoms with Crippen LogP contribution < -0.4 is 14.2 Å². The lowest BCUT2D eigenvalue weighted by molar-refractivity contribution is 0.102. The lowest BCUT2D eigenvalue weighted by Crippen LogP contribution is -2.10. The average Bonchev–Trinajstić information content (AvgIpc) is 3.12. The molecule has 0 spiro atoms. The number of rotatable bonds is 9. The van der Waals surface area contributed by atoms with E-state index in [1.165, 1.54) is 11.8 Å². The van der Waals surface area contributed by atoms with E-state index in [4.69, 9.17) is 14.2 Å². The van der Waals surface area contributed by atoms with Gasteiger partial charge in [-0.1, -0.05) is 30.0 Å². The first-order valence-corrected chi connectivity index (χ1v) is 10.0. The minimum Gasteiger partial charge on any atom is -0.493 e. The molecule has 3 aromatic rings. The number of thioether (sulfide) groups is 1. The smallest absolute Gasteiger partial charge is 0.191 e. The van der Waals surface area contributed by atoms with Crippen molar-refractivity contribution in [2.45, 2.75) is 18.2 Å². The zero-order valence-corrected chi connectivity index (χ0v) is 17.6. The Hall–Kier alpha value is -3.00. The molecule has 0 saturated heterocycles. The fourth-order valence-electron chi connectivity index (χ4n) is 2.78. The second-order valence-corrected chi connectivity index (χ2v) is 7.20. The molecule has 152 valence electrons. The Labute approximate surface area is 174 Å². The molecule has 0 bridgehead atoms. The number of hydrogen-bond acceptors (Lipinski definition) is 7. The van der Waals surface area contributed by atoms with Crippen molar-refractivity contribution in [3.63, 3.8) is 0 Å². The Morgan fingerprint density at radius 1 is 1.07 bits per heavy atom. The van der Waals surface area contributed by atoms with E-state index in [2.05, 4.69) is 10.2 Å². The van der Waals surface area contributed by atoms with Gasteiger partial charge in [-0.25, -0.2) is 0 Å². The number of carbonyl (C=O) groups is 1. The number of ketones is 1. The molecule has 29 heavy (non-hydrogen) atoms. The maximum Gasteiger partial charge on any atom is 0.191 e. The van der Waals surface area contributed by atoms with Crippen molar-refractivity contribution in [3.8, 4) is 17.2 Å². The molecule has 0 radical (unpaired) electrons. The number of ether oxygens (including phenoxy) is 3. The molecule has 7 nitrogen and oxygen atoms in total. The molecule has 8 heteroatoms. The molecule has 0 aliphatic rings. The Kier molecular flexibility index (Phi) is 6.77. The van der Waals surface area contributed by atoms with Gasteiger partial charge < -0.3 is 18.8 Å². The van der Waals surface area contributed by atoms with E-state index in [0.29, 0.717) is 28.0 Å². The molecule has 2 aromatic carbocycles. The minimum atomic E-state index is -0.272. The molecule has 0 N–H and O–H groups in total. The fraction of sp³-hybridized carbons (Fsp3) is 0.286. The second-order valence-electron chi connectivity index (χ2n) is 6.25. The SMILES string of the molecule is COc1ccc(C(=O)CSc2nnc([C@H](C)Oc3ccccc3)n2C)cc1OC. The number of carbonyl (C=O) groups excluding carboxylic acids is 1. The van der Waals surface area contributed by atoms with Crippen LogP contribution in [0.1, 0.15) is 29.2 Å². The van der Waals surface area contributed by atoms with Crippen molar-refractivity contribution < 1.29 is 19.0 Å². The highest BCUT2D eigenvalue weighted by molar-refractivity contribution is 7.99. The quantitative estimate of drug-likeness (QED) is 0.388.